The van der Waals surface area contributed by atoms with E-state index in [0.717, 1.165) is 0 Å². The predicted molar refractivity (Wildman–Crippen MR) is 106 cm³/mol. The van der Waals surface area contributed by atoms with Crippen molar-refractivity contribution in [2.45, 2.75) is 6.92 Å². The summed E-state index contributed by atoms with van der Waals surface area (Å²) in [5.74, 6) is 1.36. The first-order valence-electron chi connectivity index (χ1n) is 9.19. The highest BCUT2D eigenvalue weighted by Gasteiger charge is 2.18. The number of methoxy groups -OCH3 is 1. The molecule has 0 atom stereocenters. The van der Waals surface area contributed by atoms with Gasteiger partial charge in [0.25, 0.3) is 0 Å². The molecule has 0 radical (unpaired) electrons. The first-order chi connectivity index (χ1) is 14.1. The van der Waals surface area contributed by atoms with Crippen molar-refractivity contribution in [2.75, 3.05) is 33.5 Å². The third-order valence-electron chi connectivity index (χ3n) is 4.10. The smallest absolute Gasteiger partial charge is 0.331 e. The van der Waals surface area contributed by atoms with E-state index in [0.29, 0.717) is 53.9 Å². The summed E-state index contributed by atoms with van der Waals surface area (Å²) in [7, 11) is 1.53. The molecule has 0 amide bonds. The van der Waals surface area contributed by atoms with E-state index < -0.39 is 5.97 Å². The van der Waals surface area contributed by atoms with Crippen molar-refractivity contribution >= 4 is 17.8 Å². The quantitative estimate of drug-likeness (QED) is 0.383. The summed E-state index contributed by atoms with van der Waals surface area (Å²) in [6, 6.07) is 10.1. The van der Waals surface area contributed by atoms with Crippen LogP contribution in [0.1, 0.15) is 22.8 Å². The third kappa shape index (κ3) is 5.28. The molecule has 0 aliphatic carbocycles. The van der Waals surface area contributed by atoms with Crippen LogP contribution in [-0.4, -0.2) is 45.3 Å². The van der Waals surface area contributed by atoms with E-state index in [-0.39, 0.29) is 12.4 Å². The SMILES string of the molecule is CCOc1ccc(C(=O)COC(=O)/C=C/c2cc(OC)c3c(c2)OCCO3)cc1. The van der Waals surface area contributed by atoms with Gasteiger partial charge in [-0.05, 0) is 55.0 Å². The average molecular weight is 398 g/mol. The van der Waals surface area contributed by atoms with E-state index in [1.807, 2.05) is 6.92 Å². The molecule has 0 aromatic heterocycles. The van der Waals surface area contributed by atoms with Gasteiger partial charge < -0.3 is 23.7 Å². The van der Waals surface area contributed by atoms with Crippen molar-refractivity contribution in [3.8, 4) is 23.0 Å². The standard InChI is InChI=1S/C22H22O7/c1-3-26-17-7-5-16(6-8-17)18(23)14-29-21(24)9-4-15-12-19(25-2)22-20(13-15)27-10-11-28-22/h4-9,12-13H,3,10-11,14H2,1-2H3/b9-4+. The molecule has 0 saturated heterocycles. The minimum atomic E-state index is -0.627. The minimum Gasteiger partial charge on any atom is -0.494 e. The van der Waals surface area contributed by atoms with Gasteiger partial charge in [0.05, 0.1) is 13.7 Å². The Morgan fingerprint density at radius 2 is 1.86 bits per heavy atom. The number of Topliss-reactive ketones (excluding diaryl/α,β-unsaturated/α-hetero) is 1. The number of hydrogen-bond acceptors (Lipinski definition) is 7. The second kappa shape index (κ2) is 9.64. The Labute approximate surface area is 168 Å². The molecule has 1 aliphatic heterocycles. The summed E-state index contributed by atoms with van der Waals surface area (Å²) in [6.45, 7) is 2.98. The maximum Gasteiger partial charge on any atom is 0.331 e. The number of esters is 1. The topological polar surface area (TPSA) is 80.3 Å². The van der Waals surface area contributed by atoms with Crippen LogP contribution in [0.3, 0.4) is 0 Å². The average Bonchev–Trinajstić information content (AvgIpc) is 2.76. The molecule has 0 unspecified atom stereocenters. The van der Waals surface area contributed by atoms with E-state index in [1.54, 1.807) is 42.5 Å². The van der Waals surface area contributed by atoms with Crippen molar-refractivity contribution < 1.29 is 33.3 Å². The summed E-state index contributed by atoms with van der Waals surface area (Å²) in [5, 5.41) is 0. The number of hydrogen-bond donors (Lipinski definition) is 0. The first-order valence-corrected chi connectivity index (χ1v) is 9.19. The minimum absolute atomic E-state index is 0.296. The van der Waals surface area contributed by atoms with Crippen LogP contribution in [0.4, 0.5) is 0 Å². The maximum atomic E-state index is 12.1. The monoisotopic (exact) mass is 398 g/mol. The highest BCUT2D eigenvalue weighted by atomic mass is 16.6. The van der Waals surface area contributed by atoms with E-state index >= 15 is 0 Å². The van der Waals surface area contributed by atoms with Gasteiger partial charge in [-0.2, -0.15) is 0 Å². The van der Waals surface area contributed by atoms with Crippen molar-refractivity contribution in [2.24, 2.45) is 0 Å². The summed E-state index contributed by atoms with van der Waals surface area (Å²) in [4.78, 5) is 24.1. The number of ketones is 1. The fourth-order valence-corrected chi connectivity index (χ4v) is 2.73. The molecule has 0 saturated carbocycles. The second-order valence-corrected chi connectivity index (χ2v) is 6.07. The molecule has 0 fully saturated rings. The molecule has 1 heterocycles. The molecule has 29 heavy (non-hydrogen) atoms. The van der Waals surface area contributed by atoms with Crippen LogP contribution in [0.2, 0.25) is 0 Å². The van der Waals surface area contributed by atoms with Crippen LogP contribution in [0.25, 0.3) is 6.08 Å². The Balaban J connectivity index is 1.57. The zero-order valence-electron chi connectivity index (χ0n) is 16.3. The van der Waals surface area contributed by atoms with Crippen LogP contribution in [-0.2, 0) is 9.53 Å². The predicted octanol–water partition coefficient (Wildman–Crippen LogP) is 3.30. The number of fused-ring (bicyclic) bond motifs is 1. The van der Waals surface area contributed by atoms with Gasteiger partial charge in [-0.15, -0.1) is 0 Å². The van der Waals surface area contributed by atoms with Gasteiger partial charge in [0, 0.05) is 11.6 Å². The Kier molecular flexibility index (Phi) is 6.73. The van der Waals surface area contributed by atoms with Gasteiger partial charge in [0.2, 0.25) is 5.75 Å². The van der Waals surface area contributed by atoms with Crippen LogP contribution in [0.15, 0.2) is 42.5 Å². The van der Waals surface area contributed by atoms with E-state index in [9.17, 15) is 9.59 Å². The van der Waals surface area contributed by atoms with Crippen molar-refractivity contribution in [3.05, 3.63) is 53.6 Å². The fraction of sp³-hybridized carbons (Fsp3) is 0.273. The Morgan fingerprint density at radius 1 is 1.10 bits per heavy atom. The molecule has 1 aliphatic rings. The summed E-state index contributed by atoms with van der Waals surface area (Å²) in [6.07, 6.45) is 2.81. The fourth-order valence-electron chi connectivity index (χ4n) is 2.73. The van der Waals surface area contributed by atoms with Crippen molar-refractivity contribution in [1.29, 1.82) is 0 Å². The van der Waals surface area contributed by atoms with Gasteiger partial charge in [-0.1, -0.05) is 0 Å². The Bertz CT molecular complexity index is 883. The molecule has 3 rings (SSSR count). The van der Waals surface area contributed by atoms with E-state index in [1.165, 1.54) is 13.2 Å². The van der Waals surface area contributed by atoms with E-state index in [4.69, 9.17) is 23.7 Å². The number of benzene rings is 2. The Morgan fingerprint density at radius 3 is 2.59 bits per heavy atom. The van der Waals surface area contributed by atoms with Gasteiger partial charge in [0.15, 0.2) is 23.9 Å². The summed E-state index contributed by atoms with van der Waals surface area (Å²) < 4.78 is 26.8. The lowest BCUT2D eigenvalue weighted by Gasteiger charge is -2.20. The number of rotatable bonds is 8. The molecule has 0 N–H and O–H groups in total. The summed E-state index contributed by atoms with van der Waals surface area (Å²) in [5.41, 5.74) is 1.13. The second-order valence-electron chi connectivity index (χ2n) is 6.07. The highest BCUT2D eigenvalue weighted by Crippen LogP contribution is 2.40. The van der Waals surface area contributed by atoms with Crippen LogP contribution in [0.5, 0.6) is 23.0 Å². The largest absolute Gasteiger partial charge is 0.494 e. The zero-order valence-corrected chi connectivity index (χ0v) is 16.3. The Hall–Kier alpha value is -3.48. The number of ether oxygens (including phenoxy) is 5. The lowest BCUT2D eigenvalue weighted by molar-refractivity contribution is -0.136. The molecule has 0 bridgehead atoms. The lowest BCUT2D eigenvalue weighted by Crippen LogP contribution is -2.16. The molecule has 7 nitrogen and oxygen atoms in total. The third-order valence-corrected chi connectivity index (χ3v) is 4.10. The number of carbonyl (C=O) groups is 2. The molecular weight excluding hydrogens is 376 g/mol. The number of carbonyl (C=O) groups excluding carboxylic acids is 2. The molecule has 0 spiro atoms. The van der Waals surface area contributed by atoms with Gasteiger partial charge in [0.1, 0.15) is 19.0 Å². The normalized spacial score (nSPS) is 12.5. The molecule has 7 heteroatoms. The summed E-state index contributed by atoms with van der Waals surface area (Å²) >= 11 is 0. The van der Waals surface area contributed by atoms with Crippen molar-refractivity contribution in [3.63, 3.8) is 0 Å². The van der Waals surface area contributed by atoms with Crippen LogP contribution in [0, 0.1) is 0 Å². The van der Waals surface area contributed by atoms with Crippen LogP contribution >= 0.6 is 0 Å². The molecule has 2 aromatic carbocycles. The van der Waals surface area contributed by atoms with Crippen LogP contribution < -0.4 is 18.9 Å². The van der Waals surface area contributed by atoms with Crippen molar-refractivity contribution in [1.82, 2.24) is 0 Å². The molecular formula is C22H22O7. The maximum absolute atomic E-state index is 12.1. The van der Waals surface area contributed by atoms with Gasteiger partial charge in [-0.25, -0.2) is 4.79 Å². The molecule has 2 aromatic rings. The van der Waals surface area contributed by atoms with Gasteiger partial charge in [-0.3, -0.25) is 4.79 Å². The van der Waals surface area contributed by atoms with Gasteiger partial charge >= 0.3 is 5.97 Å². The molecule has 152 valence electrons. The highest BCUT2D eigenvalue weighted by molar-refractivity contribution is 5.99. The zero-order chi connectivity index (χ0) is 20.6. The lowest BCUT2D eigenvalue weighted by atomic mass is 10.1. The first kappa shape index (κ1) is 20.3. The van der Waals surface area contributed by atoms with E-state index in [2.05, 4.69) is 0 Å².